The number of benzene rings is 2. The van der Waals surface area contributed by atoms with Crippen LogP contribution < -0.4 is 25.6 Å². The number of ether oxygens (including phenoxy) is 2. The van der Waals surface area contributed by atoms with E-state index in [-0.39, 0.29) is 17.9 Å². The van der Waals surface area contributed by atoms with Crippen LogP contribution in [-0.2, 0) is 11.3 Å². The van der Waals surface area contributed by atoms with Gasteiger partial charge in [0.2, 0.25) is 5.91 Å². The molecule has 7 heteroatoms. The highest BCUT2D eigenvalue weighted by Crippen LogP contribution is 2.29. The average molecular weight is 420 g/mol. The first-order valence-corrected chi connectivity index (χ1v) is 9.14. The van der Waals surface area contributed by atoms with Gasteiger partial charge in [-0.25, -0.2) is 5.43 Å². The largest absolute Gasteiger partial charge is 0.493 e. The molecule has 1 aliphatic heterocycles. The number of amides is 1. The molecule has 0 radical (unpaired) electrons. The molecule has 26 heavy (non-hydrogen) atoms. The van der Waals surface area contributed by atoms with Crippen LogP contribution in [0.2, 0.25) is 0 Å². The lowest BCUT2D eigenvalue weighted by Gasteiger charge is -2.19. The van der Waals surface area contributed by atoms with Gasteiger partial charge in [-0.2, -0.15) is 0 Å². The summed E-state index contributed by atoms with van der Waals surface area (Å²) < 4.78 is 11.5. The fraction of sp³-hybridized carbons (Fsp3) is 0.316. The molecule has 1 fully saturated rings. The highest BCUT2D eigenvalue weighted by molar-refractivity contribution is 9.10. The third kappa shape index (κ3) is 4.17. The molecule has 1 aliphatic rings. The van der Waals surface area contributed by atoms with Crippen molar-refractivity contribution in [2.24, 2.45) is 5.92 Å². The first-order chi connectivity index (χ1) is 12.6. The zero-order valence-electron chi connectivity index (χ0n) is 14.7. The summed E-state index contributed by atoms with van der Waals surface area (Å²) in [6.07, 6.45) is 0. The highest BCUT2D eigenvalue weighted by atomic mass is 79.9. The number of hydrazine groups is 1. The molecule has 2 aromatic rings. The van der Waals surface area contributed by atoms with Crippen molar-refractivity contribution in [3.8, 4) is 11.5 Å². The van der Waals surface area contributed by atoms with E-state index in [9.17, 15) is 4.79 Å². The summed E-state index contributed by atoms with van der Waals surface area (Å²) in [6.45, 7) is 1.01. The van der Waals surface area contributed by atoms with Gasteiger partial charge in [0.15, 0.2) is 11.5 Å². The Kier molecular flexibility index (Phi) is 6.13. The van der Waals surface area contributed by atoms with Crippen molar-refractivity contribution < 1.29 is 14.3 Å². The van der Waals surface area contributed by atoms with Crippen LogP contribution in [0.25, 0.3) is 0 Å². The lowest BCUT2D eigenvalue weighted by molar-refractivity contribution is -0.125. The second-order valence-corrected chi connectivity index (χ2v) is 6.99. The van der Waals surface area contributed by atoms with E-state index in [4.69, 9.17) is 9.47 Å². The lowest BCUT2D eigenvalue weighted by atomic mass is 9.94. The quantitative estimate of drug-likeness (QED) is 0.670. The molecule has 1 saturated heterocycles. The van der Waals surface area contributed by atoms with Crippen molar-refractivity contribution in [3.63, 3.8) is 0 Å². The maximum absolute atomic E-state index is 12.7. The number of hydrogen-bond acceptors (Lipinski definition) is 5. The highest BCUT2D eigenvalue weighted by Gasteiger charge is 2.33. The smallest absolute Gasteiger partial charge is 0.226 e. The van der Waals surface area contributed by atoms with Crippen molar-refractivity contribution in [2.45, 2.75) is 12.6 Å². The monoisotopic (exact) mass is 419 g/mol. The Bertz CT molecular complexity index is 784. The Hall–Kier alpha value is -2.09. The summed E-state index contributed by atoms with van der Waals surface area (Å²) in [5, 5.41) is 3.02. The number of halogens is 1. The Morgan fingerprint density at radius 2 is 2.00 bits per heavy atom. The van der Waals surface area contributed by atoms with Crippen LogP contribution in [0.5, 0.6) is 11.5 Å². The Morgan fingerprint density at radius 1 is 1.19 bits per heavy atom. The van der Waals surface area contributed by atoms with Gasteiger partial charge in [0, 0.05) is 17.6 Å². The van der Waals surface area contributed by atoms with E-state index in [0.29, 0.717) is 24.6 Å². The minimum absolute atomic E-state index is 0.00209. The number of carbonyl (C=O) groups is 1. The van der Waals surface area contributed by atoms with Crippen LogP contribution in [0.15, 0.2) is 46.9 Å². The summed E-state index contributed by atoms with van der Waals surface area (Å²) in [4.78, 5) is 12.7. The molecule has 0 aromatic heterocycles. The van der Waals surface area contributed by atoms with E-state index in [1.807, 2.05) is 42.5 Å². The number of nitrogens with one attached hydrogen (secondary N) is 3. The van der Waals surface area contributed by atoms with Crippen molar-refractivity contribution >= 4 is 21.8 Å². The van der Waals surface area contributed by atoms with Crippen molar-refractivity contribution in [1.82, 2.24) is 16.2 Å². The van der Waals surface area contributed by atoms with Crippen molar-refractivity contribution in [1.29, 1.82) is 0 Å². The van der Waals surface area contributed by atoms with Gasteiger partial charge >= 0.3 is 0 Å². The number of hydrogen-bond donors (Lipinski definition) is 3. The Balaban J connectivity index is 1.66. The standard InChI is InChI=1S/C19H22BrN3O3/c1-25-16-7-6-12(8-17(16)26-2)10-21-19(24)15-11-22-23-18(15)13-4-3-5-14(20)9-13/h3-9,15,18,22-23H,10-11H2,1-2H3,(H,21,24). The molecule has 1 amide bonds. The minimum Gasteiger partial charge on any atom is -0.493 e. The molecule has 2 aromatic carbocycles. The van der Waals surface area contributed by atoms with E-state index in [2.05, 4.69) is 32.1 Å². The van der Waals surface area contributed by atoms with Gasteiger partial charge < -0.3 is 14.8 Å². The molecule has 0 bridgehead atoms. The molecular weight excluding hydrogens is 398 g/mol. The van der Waals surface area contributed by atoms with E-state index in [1.165, 1.54) is 0 Å². The summed E-state index contributed by atoms with van der Waals surface area (Å²) in [7, 11) is 3.19. The van der Waals surface area contributed by atoms with Gasteiger partial charge in [-0.1, -0.05) is 34.1 Å². The molecule has 1 heterocycles. The van der Waals surface area contributed by atoms with Crippen molar-refractivity contribution in [3.05, 3.63) is 58.1 Å². The van der Waals surface area contributed by atoms with Gasteiger partial charge in [-0.15, -0.1) is 0 Å². The second kappa shape index (κ2) is 8.53. The van der Waals surface area contributed by atoms with Crippen LogP contribution in [0.3, 0.4) is 0 Å². The predicted molar refractivity (Wildman–Crippen MR) is 103 cm³/mol. The molecule has 2 unspecified atom stereocenters. The first-order valence-electron chi connectivity index (χ1n) is 8.35. The summed E-state index contributed by atoms with van der Waals surface area (Å²) >= 11 is 3.48. The minimum atomic E-state index is -0.190. The lowest BCUT2D eigenvalue weighted by Crippen LogP contribution is -2.34. The zero-order chi connectivity index (χ0) is 18.5. The summed E-state index contributed by atoms with van der Waals surface area (Å²) in [5.74, 6) is 1.13. The van der Waals surface area contributed by atoms with Gasteiger partial charge in [0.05, 0.1) is 26.2 Å². The van der Waals surface area contributed by atoms with Gasteiger partial charge in [0.1, 0.15) is 0 Å². The van der Waals surface area contributed by atoms with Crippen LogP contribution >= 0.6 is 15.9 Å². The van der Waals surface area contributed by atoms with Gasteiger partial charge in [0.25, 0.3) is 0 Å². The average Bonchev–Trinajstić information content (AvgIpc) is 3.15. The Morgan fingerprint density at radius 3 is 2.73 bits per heavy atom. The number of rotatable bonds is 6. The van der Waals surface area contributed by atoms with Crippen LogP contribution in [-0.4, -0.2) is 26.7 Å². The van der Waals surface area contributed by atoms with E-state index < -0.39 is 0 Å². The van der Waals surface area contributed by atoms with Crippen LogP contribution in [0, 0.1) is 5.92 Å². The van der Waals surface area contributed by atoms with Gasteiger partial charge in [-0.3, -0.25) is 10.2 Å². The second-order valence-electron chi connectivity index (χ2n) is 6.07. The SMILES string of the molecule is COc1ccc(CNC(=O)C2CNNC2c2cccc(Br)c2)cc1OC. The summed E-state index contributed by atoms with van der Waals surface area (Å²) in [6, 6.07) is 13.5. The fourth-order valence-corrected chi connectivity index (χ4v) is 3.48. The third-order valence-electron chi connectivity index (χ3n) is 4.44. The number of methoxy groups -OCH3 is 2. The molecule has 6 nitrogen and oxygen atoms in total. The molecule has 0 aliphatic carbocycles. The normalized spacial score (nSPS) is 19.2. The molecule has 138 valence electrons. The van der Waals surface area contributed by atoms with E-state index in [0.717, 1.165) is 15.6 Å². The topological polar surface area (TPSA) is 71.6 Å². The summed E-state index contributed by atoms with van der Waals surface area (Å²) in [5.41, 5.74) is 8.30. The van der Waals surface area contributed by atoms with Crippen molar-refractivity contribution in [2.75, 3.05) is 20.8 Å². The third-order valence-corrected chi connectivity index (χ3v) is 4.93. The first kappa shape index (κ1) is 18.7. The van der Waals surface area contributed by atoms with E-state index >= 15 is 0 Å². The van der Waals surface area contributed by atoms with Gasteiger partial charge in [-0.05, 0) is 35.4 Å². The zero-order valence-corrected chi connectivity index (χ0v) is 16.3. The molecular formula is C19H22BrN3O3. The van der Waals surface area contributed by atoms with Crippen LogP contribution in [0.4, 0.5) is 0 Å². The fourth-order valence-electron chi connectivity index (χ4n) is 3.07. The molecule has 3 N–H and O–H groups in total. The Labute approximate surface area is 161 Å². The maximum Gasteiger partial charge on any atom is 0.226 e. The number of carbonyl (C=O) groups excluding carboxylic acids is 1. The van der Waals surface area contributed by atoms with E-state index in [1.54, 1.807) is 14.2 Å². The predicted octanol–water partition coefficient (Wildman–Crippen LogP) is 2.55. The van der Waals surface area contributed by atoms with Crippen LogP contribution in [0.1, 0.15) is 17.2 Å². The molecule has 0 spiro atoms. The molecule has 2 atom stereocenters. The molecule has 3 rings (SSSR count). The molecule has 0 saturated carbocycles. The maximum atomic E-state index is 12.7.